The monoisotopic (exact) mass is 168 g/mol. The predicted molar refractivity (Wildman–Crippen MR) is 48.2 cm³/mol. The van der Waals surface area contributed by atoms with Crippen LogP contribution in [0.5, 0.6) is 5.88 Å². The lowest BCUT2D eigenvalue weighted by molar-refractivity contribution is 0.184. The van der Waals surface area contributed by atoms with Crippen LogP contribution in [0, 0.1) is 5.41 Å². The van der Waals surface area contributed by atoms with E-state index in [-0.39, 0.29) is 5.41 Å². The van der Waals surface area contributed by atoms with Crippen molar-refractivity contribution in [3.05, 3.63) is 12.3 Å². The van der Waals surface area contributed by atoms with Gasteiger partial charge in [-0.15, -0.1) is 0 Å². The van der Waals surface area contributed by atoms with Gasteiger partial charge in [-0.1, -0.05) is 20.8 Å². The molecule has 12 heavy (non-hydrogen) atoms. The lowest BCUT2D eigenvalue weighted by atomic mass is 9.99. The zero-order valence-corrected chi connectivity index (χ0v) is 8.16. The van der Waals surface area contributed by atoms with Crippen molar-refractivity contribution in [2.75, 3.05) is 6.61 Å². The topological polar surface area (TPSA) is 27.1 Å². The van der Waals surface area contributed by atoms with Gasteiger partial charge in [0.2, 0.25) is 5.88 Å². The zero-order valence-electron chi connectivity index (χ0n) is 8.16. The molecule has 0 bridgehead atoms. The van der Waals surface area contributed by atoms with Gasteiger partial charge in [-0.3, -0.25) is 0 Å². The van der Waals surface area contributed by atoms with E-state index in [4.69, 9.17) is 4.74 Å². The largest absolute Gasteiger partial charge is 0.477 e. The van der Waals surface area contributed by atoms with Crippen LogP contribution < -0.4 is 4.74 Å². The average Bonchev–Trinajstić information content (AvgIpc) is 2.29. The molecule has 0 saturated heterocycles. The van der Waals surface area contributed by atoms with E-state index in [1.54, 1.807) is 10.9 Å². The SMILES string of the molecule is Cn1nccc1OCC(C)(C)C. The first-order valence-electron chi connectivity index (χ1n) is 4.10. The molecule has 0 aromatic carbocycles. The maximum Gasteiger partial charge on any atom is 0.211 e. The van der Waals surface area contributed by atoms with Crippen LogP contribution in [0.2, 0.25) is 0 Å². The maximum atomic E-state index is 5.54. The smallest absolute Gasteiger partial charge is 0.211 e. The molecule has 0 N–H and O–H groups in total. The molecular weight excluding hydrogens is 152 g/mol. The molecule has 0 aliphatic carbocycles. The van der Waals surface area contributed by atoms with Crippen LogP contribution in [0.4, 0.5) is 0 Å². The van der Waals surface area contributed by atoms with E-state index in [0.29, 0.717) is 6.61 Å². The van der Waals surface area contributed by atoms with Crippen molar-refractivity contribution in [3.8, 4) is 5.88 Å². The molecule has 1 aromatic rings. The van der Waals surface area contributed by atoms with E-state index in [1.165, 1.54) is 0 Å². The molecule has 0 atom stereocenters. The Kier molecular flexibility index (Phi) is 2.40. The molecule has 1 heterocycles. The second kappa shape index (κ2) is 3.17. The number of aryl methyl sites for hydroxylation is 1. The number of ether oxygens (including phenoxy) is 1. The van der Waals surface area contributed by atoms with Gasteiger partial charge in [-0.05, 0) is 5.41 Å². The molecule has 1 aromatic heterocycles. The molecule has 0 saturated carbocycles. The van der Waals surface area contributed by atoms with Gasteiger partial charge >= 0.3 is 0 Å². The average molecular weight is 168 g/mol. The fraction of sp³-hybridized carbons (Fsp3) is 0.667. The fourth-order valence-electron chi connectivity index (χ4n) is 0.794. The van der Waals surface area contributed by atoms with Crippen LogP contribution >= 0.6 is 0 Å². The van der Waals surface area contributed by atoms with Gasteiger partial charge in [0.05, 0.1) is 12.8 Å². The van der Waals surface area contributed by atoms with Crippen molar-refractivity contribution < 1.29 is 4.74 Å². The van der Waals surface area contributed by atoms with Crippen molar-refractivity contribution in [1.82, 2.24) is 9.78 Å². The maximum absolute atomic E-state index is 5.54. The summed E-state index contributed by atoms with van der Waals surface area (Å²) in [5.74, 6) is 0.824. The van der Waals surface area contributed by atoms with Gasteiger partial charge in [-0.25, -0.2) is 4.68 Å². The molecule has 0 unspecified atom stereocenters. The summed E-state index contributed by atoms with van der Waals surface area (Å²) in [5, 5.41) is 4.01. The van der Waals surface area contributed by atoms with E-state index in [1.807, 2.05) is 13.1 Å². The van der Waals surface area contributed by atoms with Crippen LogP contribution in [-0.4, -0.2) is 16.4 Å². The molecule has 1 rings (SSSR count). The summed E-state index contributed by atoms with van der Waals surface area (Å²) in [6.07, 6.45) is 1.73. The highest BCUT2D eigenvalue weighted by atomic mass is 16.5. The van der Waals surface area contributed by atoms with Crippen molar-refractivity contribution in [2.24, 2.45) is 12.5 Å². The number of nitrogens with zero attached hydrogens (tertiary/aromatic N) is 2. The Hall–Kier alpha value is -0.990. The number of rotatable bonds is 2. The molecule has 0 amide bonds. The first-order chi connectivity index (χ1) is 5.49. The predicted octanol–water partition coefficient (Wildman–Crippen LogP) is 1.84. The van der Waals surface area contributed by atoms with Crippen LogP contribution in [0.1, 0.15) is 20.8 Å². The quantitative estimate of drug-likeness (QED) is 0.673. The third-order valence-electron chi connectivity index (χ3n) is 1.43. The van der Waals surface area contributed by atoms with E-state index in [0.717, 1.165) is 5.88 Å². The van der Waals surface area contributed by atoms with Crippen LogP contribution in [-0.2, 0) is 7.05 Å². The van der Waals surface area contributed by atoms with E-state index in [9.17, 15) is 0 Å². The summed E-state index contributed by atoms with van der Waals surface area (Å²) < 4.78 is 7.27. The second-order valence-electron chi connectivity index (χ2n) is 4.14. The minimum Gasteiger partial charge on any atom is -0.477 e. The lowest BCUT2D eigenvalue weighted by Crippen LogP contribution is -2.17. The Morgan fingerprint density at radius 2 is 2.17 bits per heavy atom. The second-order valence-corrected chi connectivity index (χ2v) is 4.14. The third-order valence-corrected chi connectivity index (χ3v) is 1.43. The van der Waals surface area contributed by atoms with E-state index >= 15 is 0 Å². The number of hydrogen-bond donors (Lipinski definition) is 0. The molecule has 0 radical (unpaired) electrons. The summed E-state index contributed by atoms with van der Waals surface area (Å²) in [6, 6.07) is 1.87. The minimum atomic E-state index is 0.199. The summed E-state index contributed by atoms with van der Waals surface area (Å²) in [6.45, 7) is 7.14. The van der Waals surface area contributed by atoms with E-state index in [2.05, 4.69) is 25.9 Å². The standard InChI is InChI=1S/C9H16N2O/c1-9(2,3)7-12-8-5-6-10-11(8)4/h5-6H,7H2,1-4H3. The fourth-order valence-corrected chi connectivity index (χ4v) is 0.794. The minimum absolute atomic E-state index is 0.199. The summed E-state index contributed by atoms with van der Waals surface area (Å²) >= 11 is 0. The highest BCUT2D eigenvalue weighted by Gasteiger charge is 2.11. The molecule has 3 heteroatoms. The van der Waals surface area contributed by atoms with Crippen LogP contribution in [0.3, 0.4) is 0 Å². The summed E-state index contributed by atoms with van der Waals surface area (Å²) in [7, 11) is 1.87. The normalized spacial score (nSPS) is 11.7. The van der Waals surface area contributed by atoms with E-state index < -0.39 is 0 Å². The Labute approximate surface area is 73.3 Å². The molecule has 0 aliphatic heterocycles. The number of aromatic nitrogens is 2. The summed E-state index contributed by atoms with van der Waals surface area (Å²) in [5.41, 5.74) is 0.199. The third kappa shape index (κ3) is 2.57. The Balaban J connectivity index is 2.49. The van der Waals surface area contributed by atoms with Gasteiger partial charge in [-0.2, -0.15) is 5.10 Å². The van der Waals surface area contributed by atoms with Gasteiger partial charge in [0.25, 0.3) is 0 Å². The van der Waals surface area contributed by atoms with Crippen molar-refractivity contribution in [3.63, 3.8) is 0 Å². The van der Waals surface area contributed by atoms with Crippen molar-refractivity contribution >= 4 is 0 Å². The van der Waals surface area contributed by atoms with Crippen molar-refractivity contribution in [2.45, 2.75) is 20.8 Å². The molecule has 3 nitrogen and oxygen atoms in total. The van der Waals surface area contributed by atoms with Gasteiger partial charge in [0.15, 0.2) is 0 Å². The molecule has 0 spiro atoms. The van der Waals surface area contributed by atoms with Gasteiger partial charge in [0, 0.05) is 13.1 Å². The molecular formula is C9H16N2O. The van der Waals surface area contributed by atoms with Gasteiger partial charge < -0.3 is 4.74 Å². The van der Waals surface area contributed by atoms with Gasteiger partial charge in [0.1, 0.15) is 0 Å². The first-order valence-corrected chi connectivity index (χ1v) is 4.10. The number of hydrogen-bond acceptors (Lipinski definition) is 2. The van der Waals surface area contributed by atoms with Crippen LogP contribution in [0.25, 0.3) is 0 Å². The Morgan fingerprint density at radius 1 is 1.50 bits per heavy atom. The summed E-state index contributed by atoms with van der Waals surface area (Å²) in [4.78, 5) is 0. The van der Waals surface area contributed by atoms with Crippen LogP contribution in [0.15, 0.2) is 12.3 Å². The molecule has 68 valence electrons. The molecule has 0 aliphatic rings. The molecule has 0 fully saturated rings. The highest BCUT2D eigenvalue weighted by molar-refractivity contribution is 5.06. The lowest BCUT2D eigenvalue weighted by Gasteiger charge is -2.18. The Morgan fingerprint density at radius 3 is 2.58 bits per heavy atom. The van der Waals surface area contributed by atoms with Crippen molar-refractivity contribution in [1.29, 1.82) is 0 Å². The first kappa shape index (κ1) is 9.10. The Bertz CT molecular complexity index is 247. The zero-order chi connectivity index (χ0) is 9.19. The highest BCUT2D eigenvalue weighted by Crippen LogP contribution is 2.16.